The number of anilines is 1. The summed E-state index contributed by atoms with van der Waals surface area (Å²) in [6.07, 6.45) is 0. The molecular formula is C13H15ClN2S. The molecule has 0 atom stereocenters. The lowest BCUT2D eigenvalue weighted by atomic mass is 10.2. The molecular weight excluding hydrogens is 252 g/mol. The molecule has 2 rings (SSSR count). The zero-order chi connectivity index (χ0) is 12.3. The molecule has 0 aliphatic carbocycles. The van der Waals surface area contributed by atoms with Crippen molar-refractivity contribution in [2.75, 3.05) is 12.8 Å². The van der Waals surface area contributed by atoms with Crippen molar-refractivity contribution in [1.82, 2.24) is 4.90 Å². The fourth-order valence-electron chi connectivity index (χ4n) is 1.76. The van der Waals surface area contributed by atoms with Gasteiger partial charge >= 0.3 is 0 Å². The quantitative estimate of drug-likeness (QED) is 0.857. The molecule has 0 saturated heterocycles. The second kappa shape index (κ2) is 5.54. The van der Waals surface area contributed by atoms with Gasteiger partial charge in [-0.25, -0.2) is 0 Å². The number of benzene rings is 1. The maximum atomic E-state index is 5.91. The van der Waals surface area contributed by atoms with E-state index in [1.807, 2.05) is 24.3 Å². The van der Waals surface area contributed by atoms with Crippen LogP contribution in [0.4, 0.5) is 5.69 Å². The van der Waals surface area contributed by atoms with Crippen LogP contribution in [0.2, 0.25) is 4.34 Å². The van der Waals surface area contributed by atoms with E-state index in [0.717, 1.165) is 23.1 Å². The Balaban J connectivity index is 1.95. The molecule has 2 nitrogen and oxygen atoms in total. The van der Waals surface area contributed by atoms with Gasteiger partial charge in [-0.15, -0.1) is 11.3 Å². The second-order valence-electron chi connectivity index (χ2n) is 4.12. The van der Waals surface area contributed by atoms with E-state index in [-0.39, 0.29) is 0 Å². The summed E-state index contributed by atoms with van der Waals surface area (Å²) in [5, 5.41) is 0. The van der Waals surface area contributed by atoms with Crippen molar-refractivity contribution in [3.63, 3.8) is 0 Å². The number of rotatable bonds is 4. The summed E-state index contributed by atoms with van der Waals surface area (Å²) in [6, 6.07) is 12.0. The standard InChI is InChI=1S/C13H15ClN2S/c1-16(9-12-5-6-13(14)17-12)8-10-3-2-4-11(15)7-10/h2-7H,8-9,15H2,1H3. The first kappa shape index (κ1) is 12.4. The number of nitrogens with zero attached hydrogens (tertiary/aromatic N) is 1. The summed E-state index contributed by atoms with van der Waals surface area (Å²) in [5.41, 5.74) is 7.80. The van der Waals surface area contributed by atoms with Crippen molar-refractivity contribution in [2.24, 2.45) is 0 Å². The van der Waals surface area contributed by atoms with Gasteiger partial charge in [-0.2, -0.15) is 0 Å². The molecule has 0 unspecified atom stereocenters. The molecule has 1 aromatic heterocycles. The van der Waals surface area contributed by atoms with Crippen LogP contribution in [-0.2, 0) is 13.1 Å². The monoisotopic (exact) mass is 266 g/mol. The molecule has 0 aliphatic rings. The predicted molar refractivity (Wildman–Crippen MR) is 75.4 cm³/mol. The van der Waals surface area contributed by atoms with Crippen molar-refractivity contribution < 1.29 is 0 Å². The SMILES string of the molecule is CN(Cc1cccc(N)c1)Cc1ccc(Cl)s1. The second-order valence-corrected chi connectivity index (χ2v) is 5.92. The molecule has 90 valence electrons. The van der Waals surface area contributed by atoms with Crippen LogP contribution in [0.25, 0.3) is 0 Å². The maximum Gasteiger partial charge on any atom is 0.0931 e. The normalized spacial score (nSPS) is 11.0. The minimum atomic E-state index is 0.815. The van der Waals surface area contributed by atoms with Crippen LogP contribution in [-0.4, -0.2) is 11.9 Å². The number of nitrogen functional groups attached to an aromatic ring is 1. The molecule has 0 bridgehead atoms. The number of nitrogens with two attached hydrogens (primary N) is 1. The Bertz CT molecular complexity index is 496. The number of hydrogen-bond donors (Lipinski definition) is 1. The lowest BCUT2D eigenvalue weighted by Gasteiger charge is -2.15. The molecule has 4 heteroatoms. The van der Waals surface area contributed by atoms with Crippen molar-refractivity contribution in [3.8, 4) is 0 Å². The van der Waals surface area contributed by atoms with Crippen LogP contribution < -0.4 is 5.73 Å². The van der Waals surface area contributed by atoms with Gasteiger partial charge in [0.05, 0.1) is 4.34 Å². The summed E-state index contributed by atoms with van der Waals surface area (Å²) >= 11 is 7.54. The summed E-state index contributed by atoms with van der Waals surface area (Å²) in [6.45, 7) is 1.80. The Hall–Kier alpha value is -1.03. The minimum absolute atomic E-state index is 0.815. The van der Waals surface area contributed by atoms with Gasteiger partial charge in [0.2, 0.25) is 0 Å². The molecule has 0 amide bonds. The zero-order valence-corrected chi connectivity index (χ0v) is 11.3. The Morgan fingerprint density at radius 1 is 1.24 bits per heavy atom. The topological polar surface area (TPSA) is 29.3 Å². The highest BCUT2D eigenvalue weighted by molar-refractivity contribution is 7.16. The summed E-state index contributed by atoms with van der Waals surface area (Å²) in [5.74, 6) is 0. The minimum Gasteiger partial charge on any atom is -0.399 e. The fraction of sp³-hybridized carbons (Fsp3) is 0.231. The molecule has 0 radical (unpaired) electrons. The van der Waals surface area contributed by atoms with Crippen molar-refractivity contribution >= 4 is 28.6 Å². The van der Waals surface area contributed by atoms with Gasteiger partial charge < -0.3 is 5.73 Å². The summed E-state index contributed by atoms with van der Waals surface area (Å²) in [4.78, 5) is 3.53. The van der Waals surface area contributed by atoms with Crippen LogP contribution in [0.3, 0.4) is 0 Å². The van der Waals surface area contributed by atoms with Crippen molar-refractivity contribution in [3.05, 3.63) is 51.2 Å². The van der Waals surface area contributed by atoms with E-state index >= 15 is 0 Å². The van der Waals surface area contributed by atoms with E-state index in [1.165, 1.54) is 10.4 Å². The Morgan fingerprint density at radius 3 is 2.71 bits per heavy atom. The summed E-state index contributed by atoms with van der Waals surface area (Å²) < 4.78 is 0.845. The number of halogens is 1. The van der Waals surface area contributed by atoms with Gasteiger partial charge in [-0.3, -0.25) is 4.90 Å². The van der Waals surface area contributed by atoms with Gasteiger partial charge in [0.15, 0.2) is 0 Å². The lowest BCUT2D eigenvalue weighted by Crippen LogP contribution is -2.16. The number of thiophene rings is 1. The van der Waals surface area contributed by atoms with Crippen LogP contribution in [0, 0.1) is 0 Å². The van der Waals surface area contributed by atoms with E-state index in [9.17, 15) is 0 Å². The van der Waals surface area contributed by atoms with Gasteiger partial charge in [0, 0.05) is 23.7 Å². The molecule has 0 fully saturated rings. The van der Waals surface area contributed by atoms with Crippen LogP contribution in [0.15, 0.2) is 36.4 Å². The highest BCUT2D eigenvalue weighted by Crippen LogP contribution is 2.22. The average Bonchev–Trinajstić information content (AvgIpc) is 2.63. The smallest absolute Gasteiger partial charge is 0.0931 e. The fourth-order valence-corrected chi connectivity index (χ4v) is 2.93. The zero-order valence-electron chi connectivity index (χ0n) is 9.69. The van der Waals surface area contributed by atoms with Gasteiger partial charge in [-0.1, -0.05) is 23.7 Å². The Labute approximate surface area is 111 Å². The first-order chi connectivity index (χ1) is 8.13. The molecule has 1 aromatic carbocycles. The van der Waals surface area contributed by atoms with E-state index in [0.29, 0.717) is 0 Å². The summed E-state index contributed by atoms with van der Waals surface area (Å²) in [7, 11) is 2.09. The largest absolute Gasteiger partial charge is 0.399 e. The van der Waals surface area contributed by atoms with Crippen LogP contribution in [0.5, 0.6) is 0 Å². The highest BCUT2D eigenvalue weighted by Gasteiger charge is 2.04. The molecule has 1 heterocycles. The highest BCUT2D eigenvalue weighted by atomic mass is 35.5. The lowest BCUT2D eigenvalue weighted by molar-refractivity contribution is 0.322. The van der Waals surface area contributed by atoms with E-state index in [2.05, 4.69) is 24.1 Å². The van der Waals surface area contributed by atoms with E-state index in [1.54, 1.807) is 11.3 Å². The molecule has 2 aromatic rings. The van der Waals surface area contributed by atoms with Crippen molar-refractivity contribution in [2.45, 2.75) is 13.1 Å². The van der Waals surface area contributed by atoms with Crippen molar-refractivity contribution in [1.29, 1.82) is 0 Å². The predicted octanol–water partition coefficient (Wildman–Crippen LogP) is 3.62. The van der Waals surface area contributed by atoms with Crippen LogP contribution in [0.1, 0.15) is 10.4 Å². The third-order valence-corrected chi connectivity index (χ3v) is 3.67. The third kappa shape index (κ3) is 3.73. The molecule has 17 heavy (non-hydrogen) atoms. The number of hydrogen-bond acceptors (Lipinski definition) is 3. The van der Waals surface area contributed by atoms with Gasteiger partial charge in [-0.05, 0) is 36.9 Å². The molecule has 0 saturated carbocycles. The Kier molecular flexibility index (Phi) is 4.05. The Morgan fingerprint density at radius 2 is 2.06 bits per heavy atom. The van der Waals surface area contributed by atoms with E-state index < -0.39 is 0 Å². The average molecular weight is 267 g/mol. The van der Waals surface area contributed by atoms with Gasteiger partial charge in [0.1, 0.15) is 0 Å². The maximum absolute atomic E-state index is 5.91. The first-order valence-electron chi connectivity index (χ1n) is 5.40. The van der Waals surface area contributed by atoms with Crippen LogP contribution >= 0.6 is 22.9 Å². The molecule has 0 spiro atoms. The molecule has 2 N–H and O–H groups in total. The third-order valence-electron chi connectivity index (χ3n) is 2.46. The van der Waals surface area contributed by atoms with Gasteiger partial charge in [0.25, 0.3) is 0 Å². The first-order valence-corrected chi connectivity index (χ1v) is 6.60. The molecule has 0 aliphatic heterocycles. The van der Waals surface area contributed by atoms with E-state index in [4.69, 9.17) is 17.3 Å².